The van der Waals surface area contributed by atoms with Gasteiger partial charge in [-0.05, 0) is 78.6 Å². The van der Waals surface area contributed by atoms with Crippen molar-refractivity contribution in [2.75, 3.05) is 13.2 Å². The van der Waals surface area contributed by atoms with E-state index in [1.165, 1.54) is 59.4 Å². The van der Waals surface area contributed by atoms with Gasteiger partial charge in [0.2, 0.25) is 0 Å². The van der Waals surface area contributed by atoms with E-state index in [1.807, 2.05) is 0 Å². The minimum absolute atomic E-state index is 0.236. The van der Waals surface area contributed by atoms with E-state index in [1.54, 1.807) is 0 Å². The molecule has 0 saturated carbocycles. The zero-order valence-electron chi connectivity index (χ0n) is 18.9. The van der Waals surface area contributed by atoms with Crippen LogP contribution in [0.3, 0.4) is 0 Å². The third kappa shape index (κ3) is 9.05. The Morgan fingerprint density at radius 2 is 1.24 bits per heavy atom. The molecule has 2 aliphatic rings. The van der Waals surface area contributed by atoms with Crippen molar-refractivity contribution < 1.29 is 22.6 Å². The molecule has 0 radical (unpaired) electrons. The summed E-state index contributed by atoms with van der Waals surface area (Å²) in [5.74, 6) is -0.236. The Labute approximate surface area is 204 Å². The first-order valence-electron chi connectivity index (χ1n) is 11.3. The van der Waals surface area contributed by atoms with E-state index in [4.69, 9.17) is 10.5 Å². The smallest absolute Gasteiger partial charge is 0.406 e. The SMILES string of the molecule is FC(F)(F)Oc1ccc(S)cc1.NC1CCOCC1.c1ccc2c(c1)CCc1ccccc1C2. The standard InChI is InChI=1S/C15H14.C7H5F3OS.C5H11NO/c1-3-7-14-11-15-8-4-2-6-13(15)10-9-12(14)5-1;8-7(9,10)11-5-1-3-6(12)4-2-5;6-5-1-3-7-4-2-5/h1-8H,9-11H2;1-4,12H;5H,1-4,6H2. The molecular formula is C27H30F3NO2S. The van der Waals surface area contributed by atoms with Crippen molar-refractivity contribution in [2.24, 2.45) is 5.73 Å². The molecule has 0 atom stereocenters. The van der Waals surface area contributed by atoms with E-state index in [9.17, 15) is 13.2 Å². The van der Waals surface area contributed by atoms with Crippen LogP contribution in [0.25, 0.3) is 0 Å². The molecule has 0 spiro atoms. The highest BCUT2D eigenvalue weighted by molar-refractivity contribution is 7.80. The van der Waals surface area contributed by atoms with E-state index in [-0.39, 0.29) is 5.75 Å². The van der Waals surface area contributed by atoms with E-state index in [0.717, 1.165) is 32.5 Å². The van der Waals surface area contributed by atoms with Crippen molar-refractivity contribution in [3.05, 3.63) is 95.1 Å². The van der Waals surface area contributed by atoms with Crippen LogP contribution in [-0.4, -0.2) is 25.6 Å². The van der Waals surface area contributed by atoms with Gasteiger partial charge in [0.25, 0.3) is 0 Å². The highest BCUT2D eigenvalue weighted by Gasteiger charge is 2.30. The van der Waals surface area contributed by atoms with Gasteiger partial charge in [-0.1, -0.05) is 48.5 Å². The first kappa shape index (κ1) is 26.1. The molecule has 1 saturated heterocycles. The molecule has 0 amide bonds. The minimum atomic E-state index is -4.63. The van der Waals surface area contributed by atoms with Gasteiger partial charge in [0.1, 0.15) is 5.75 Å². The lowest BCUT2D eigenvalue weighted by Crippen LogP contribution is -2.28. The maximum Gasteiger partial charge on any atom is 0.573 e. The summed E-state index contributed by atoms with van der Waals surface area (Å²) in [5.41, 5.74) is 11.6. The topological polar surface area (TPSA) is 44.5 Å². The number of alkyl halides is 3. The summed E-state index contributed by atoms with van der Waals surface area (Å²) in [4.78, 5) is 0.588. The Kier molecular flexibility index (Phi) is 9.86. The van der Waals surface area contributed by atoms with E-state index in [2.05, 4.69) is 65.9 Å². The maximum atomic E-state index is 11.6. The number of hydrogen-bond donors (Lipinski definition) is 2. The van der Waals surface area contributed by atoms with Gasteiger partial charge in [-0.15, -0.1) is 25.8 Å². The highest BCUT2D eigenvalue weighted by Crippen LogP contribution is 2.24. The summed E-state index contributed by atoms with van der Waals surface area (Å²) in [6, 6.07) is 23.3. The Hall–Kier alpha value is -2.48. The Bertz CT molecular complexity index is 973. The lowest BCUT2D eigenvalue weighted by Gasteiger charge is -2.16. The van der Waals surface area contributed by atoms with Gasteiger partial charge in [-0.25, -0.2) is 0 Å². The third-order valence-corrected chi connectivity index (χ3v) is 5.92. The number of nitrogens with two attached hydrogens (primary N) is 1. The van der Waals surface area contributed by atoms with Crippen LogP contribution in [0.5, 0.6) is 5.75 Å². The predicted octanol–water partition coefficient (Wildman–Crippen LogP) is 6.37. The zero-order chi connectivity index (χ0) is 24.4. The molecule has 0 bridgehead atoms. The lowest BCUT2D eigenvalue weighted by atomic mass is 10.0. The molecule has 1 aliphatic heterocycles. The molecule has 182 valence electrons. The summed E-state index contributed by atoms with van der Waals surface area (Å²) in [6.45, 7) is 1.72. The van der Waals surface area contributed by atoms with Crippen molar-refractivity contribution in [2.45, 2.75) is 49.4 Å². The quantitative estimate of drug-likeness (QED) is 0.390. The number of rotatable bonds is 1. The number of hydrogen-bond acceptors (Lipinski definition) is 4. The number of thiol groups is 1. The van der Waals surface area contributed by atoms with Gasteiger partial charge in [0.15, 0.2) is 0 Å². The van der Waals surface area contributed by atoms with Crippen molar-refractivity contribution >= 4 is 12.6 Å². The van der Waals surface area contributed by atoms with Gasteiger partial charge in [-0.3, -0.25) is 0 Å². The van der Waals surface area contributed by atoms with Crippen molar-refractivity contribution in [1.82, 2.24) is 0 Å². The molecule has 34 heavy (non-hydrogen) atoms. The third-order valence-electron chi connectivity index (χ3n) is 5.62. The van der Waals surface area contributed by atoms with Gasteiger partial charge in [0.05, 0.1) is 0 Å². The molecule has 1 heterocycles. The van der Waals surface area contributed by atoms with Crippen molar-refractivity contribution in [3.63, 3.8) is 0 Å². The van der Waals surface area contributed by atoms with Crippen molar-refractivity contribution in [3.8, 4) is 5.75 Å². The van der Waals surface area contributed by atoms with E-state index < -0.39 is 6.36 Å². The minimum Gasteiger partial charge on any atom is -0.406 e. The Morgan fingerprint density at radius 1 is 0.765 bits per heavy atom. The Balaban J connectivity index is 0.000000153. The Morgan fingerprint density at radius 3 is 1.65 bits per heavy atom. The second-order valence-electron chi connectivity index (χ2n) is 8.21. The highest BCUT2D eigenvalue weighted by atomic mass is 32.1. The zero-order valence-corrected chi connectivity index (χ0v) is 19.8. The molecule has 1 aliphatic carbocycles. The normalized spacial score (nSPS) is 15.3. The second-order valence-corrected chi connectivity index (χ2v) is 8.72. The molecule has 3 nitrogen and oxygen atoms in total. The summed E-state index contributed by atoms with van der Waals surface area (Å²) >= 11 is 3.91. The largest absolute Gasteiger partial charge is 0.573 e. The average molecular weight is 490 g/mol. The molecule has 2 N–H and O–H groups in total. The number of fused-ring (bicyclic) bond motifs is 2. The fourth-order valence-electron chi connectivity index (χ4n) is 3.79. The van der Waals surface area contributed by atoms with Crippen LogP contribution < -0.4 is 10.5 Å². The van der Waals surface area contributed by atoms with Crippen LogP contribution >= 0.6 is 12.6 Å². The summed E-state index contributed by atoms with van der Waals surface area (Å²) < 4.78 is 43.5. The van der Waals surface area contributed by atoms with Gasteiger partial charge in [0, 0.05) is 24.2 Å². The number of aryl methyl sites for hydroxylation is 2. The monoisotopic (exact) mass is 489 g/mol. The average Bonchev–Trinajstić information content (AvgIpc) is 3.00. The molecular weight excluding hydrogens is 459 g/mol. The van der Waals surface area contributed by atoms with Crippen LogP contribution in [0.1, 0.15) is 35.1 Å². The van der Waals surface area contributed by atoms with Gasteiger partial charge < -0.3 is 15.2 Å². The van der Waals surface area contributed by atoms with Gasteiger partial charge in [-0.2, -0.15) is 0 Å². The first-order valence-corrected chi connectivity index (χ1v) is 11.8. The fraction of sp³-hybridized carbons (Fsp3) is 0.333. The number of halogens is 3. The van der Waals surface area contributed by atoms with Crippen LogP contribution in [0.15, 0.2) is 77.7 Å². The molecule has 0 unspecified atom stereocenters. The number of ether oxygens (including phenoxy) is 2. The summed E-state index contributed by atoms with van der Waals surface area (Å²) in [7, 11) is 0. The van der Waals surface area contributed by atoms with Crippen molar-refractivity contribution in [1.29, 1.82) is 0 Å². The van der Waals surface area contributed by atoms with Crippen LogP contribution in [0.4, 0.5) is 13.2 Å². The summed E-state index contributed by atoms with van der Waals surface area (Å²) in [6.07, 6.45) is 0.935. The fourth-order valence-corrected chi connectivity index (χ4v) is 3.93. The van der Waals surface area contributed by atoms with Crippen LogP contribution in [-0.2, 0) is 24.0 Å². The van der Waals surface area contributed by atoms with E-state index >= 15 is 0 Å². The second kappa shape index (κ2) is 12.8. The first-order chi connectivity index (χ1) is 16.3. The van der Waals surface area contributed by atoms with Gasteiger partial charge >= 0.3 is 6.36 Å². The molecule has 3 aromatic rings. The molecule has 7 heteroatoms. The molecule has 3 aromatic carbocycles. The van der Waals surface area contributed by atoms with Crippen LogP contribution in [0.2, 0.25) is 0 Å². The predicted molar refractivity (Wildman–Crippen MR) is 132 cm³/mol. The lowest BCUT2D eigenvalue weighted by molar-refractivity contribution is -0.274. The molecule has 0 aromatic heterocycles. The van der Waals surface area contributed by atoms with Crippen LogP contribution in [0, 0.1) is 0 Å². The number of benzene rings is 3. The van der Waals surface area contributed by atoms with E-state index in [0.29, 0.717) is 10.9 Å². The molecule has 1 fully saturated rings. The summed E-state index contributed by atoms with van der Waals surface area (Å²) in [5, 5.41) is 0. The maximum absolute atomic E-state index is 11.6. The molecule has 5 rings (SSSR count).